The number of ketones is 1. The normalized spacial score (nSPS) is 11.0. The summed E-state index contributed by atoms with van der Waals surface area (Å²) in [5.41, 5.74) is 1.20. The van der Waals surface area contributed by atoms with Crippen LogP contribution >= 0.6 is 56.5 Å². The van der Waals surface area contributed by atoms with Gasteiger partial charge in [-0.1, -0.05) is 0 Å². The number of rotatable bonds is 10. The smallest absolute Gasteiger partial charge is 0.348 e. The Balaban J connectivity index is 2.44. The van der Waals surface area contributed by atoms with Gasteiger partial charge < -0.3 is 14.2 Å². The van der Waals surface area contributed by atoms with E-state index < -0.39 is 17.7 Å². The van der Waals surface area contributed by atoms with Gasteiger partial charge >= 0.3 is 11.9 Å². The molecule has 1 aromatic heterocycles. The van der Waals surface area contributed by atoms with Gasteiger partial charge in [0.25, 0.3) is 0 Å². The lowest BCUT2D eigenvalue weighted by Gasteiger charge is -2.09. The number of allylic oxidation sites excluding steroid dienone is 1. The molecule has 0 N–H and O–H groups in total. The molecule has 0 aliphatic rings. The Hall–Kier alpha value is -1.98. The number of nitriles is 1. The number of hydrogen-bond acceptors (Lipinski definition) is 8. The molecule has 0 aliphatic carbocycles. The van der Waals surface area contributed by atoms with Crippen molar-refractivity contribution in [1.29, 1.82) is 5.26 Å². The number of carbonyl (C=O) groups excluding carboxylic acids is 3. The number of nitrogens with zero attached hydrogens (tertiary/aromatic N) is 1. The monoisotopic (exact) mass is 707 g/mol. The molecule has 0 atom stereocenters. The van der Waals surface area contributed by atoms with Gasteiger partial charge in [-0.15, -0.1) is 11.3 Å². The predicted octanol–water partition coefficient (Wildman–Crippen LogP) is 5.74. The number of hydrogen-bond donors (Lipinski definition) is 0. The van der Waals surface area contributed by atoms with Gasteiger partial charge in [0.15, 0.2) is 5.78 Å². The minimum atomic E-state index is -0.618. The Morgan fingerprint density at radius 1 is 1.03 bits per heavy atom. The Labute approximate surface area is 229 Å². The van der Waals surface area contributed by atoms with Crippen LogP contribution in [0.2, 0.25) is 0 Å². The molecule has 0 amide bonds. The largest absolute Gasteiger partial charge is 0.492 e. The van der Waals surface area contributed by atoms with E-state index in [1.165, 1.54) is 6.08 Å². The van der Waals surface area contributed by atoms with Crippen LogP contribution in [0, 0.1) is 25.4 Å². The molecule has 0 saturated heterocycles. The van der Waals surface area contributed by atoms with Gasteiger partial charge in [0, 0.05) is 11.3 Å². The van der Waals surface area contributed by atoms with Crippen molar-refractivity contribution < 1.29 is 28.6 Å². The summed E-state index contributed by atoms with van der Waals surface area (Å²) in [6.07, 6.45) is 1.29. The summed E-state index contributed by atoms with van der Waals surface area (Å²) in [5.74, 6) is -0.898. The maximum atomic E-state index is 13.1. The summed E-state index contributed by atoms with van der Waals surface area (Å²) in [6, 6.07) is 5.62. The lowest BCUT2D eigenvalue weighted by atomic mass is 10.0. The van der Waals surface area contributed by atoms with Crippen molar-refractivity contribution in [3.8, 4) is 11.8 Å². The van der Waals surface area contributed by atoms with Crippen molar-refractivity contribution in [2.75, 3.05) is 19.8 Å². The number of halogens is 2. The average molecular weight is 707 g/mol. The topological polar surface area (TPSA) is 103 Å². The van der Waals surface area contributed by atoms with E-state index in [1.54, 1.807) is 20.8 Å². The maximum absolute atomic E-state index is 13.1. The highest BCUT2D eigenvalue weighted by Gasteiger charge is 2.28. The summed E-state index contributed by atoms with van der Waals surface area (Å²) in [7, 11) is 0. The van der Waals surface area contributed by atoms with Crippen molar-refractivity contribution in [3.63, 3.8) is 0 Å². The molecule has 0 fully saturated rings. The first kappa shape index (κ1) is 28.3. The molecule has 0 radical (unpaired) electrons. The quantitative estimate of drug-likeness (QED) is 0.135. The van der Waals surface area contributed by atoms with E-state index in [-0.39, 0.29) is 35.6 Å². The van der Waals surface area contributed by atoms with Crippen LogP contribution in [0.1, 0.15) is 56.8 Å². The van der Waals surface area contributed by atoms with Crippen LogP contribution in [0.25, 0.3) is 6.08 Å². The SMILES string of the molecule is CCOC(=O)c1sc(CC(=O)/C(C#N)=C/c2cc(I)c(OCC)c(I)c2)c(C(=O)OCC)c1C. The highest BCUT2D eigenvalue weighted by Crippen LogP contribution is 2.32. The second kappa shape index (κ2) is 13.2. The van der Waals surface area contributed by atoms with Crippen LogP contribution in [0.3, 0.4) is 0 Å². The summed E-state index contributed by atoms with van der Waals surface area (Å²) in [4.78, 5) is 38.6. The van der Waals surface area contributed by atoms with Crippen LogP contribution in [0.15, 0.2) is 17.7 Å². The lowest BCUT2D eigenvalue weighted by molar-refractivity contribution is -0.114. The average Bonchev–Trinajstić information content (AvgIpc) is 3.10. The number of Topliss-reactive ketones (excluding diaryl/α,β-unsaturated/α-hetero) is 1. The van der Waals surface area contributed by atoms with Gasteiger partial charge in [-0.25, -0.2) is 9.59 Å². The third-order valence-electron chi connectivity index (χ3n) is 4.52. The van der Waals surface area contributed by atoms with E-state index in [0.29, 0.717) is 22.6 Å². The summed E-state index contributed by atoms with van der Waals surface area (Å²) in [5, 5.41) is 9.66. The van der Waals surface area contributed by atoms with Crippen molar-refractivity contribution in [1.82, 2.24) is 0 Å². The van der Waals surface area contributed by atoms with E-state index >= 15 is 0 Å². The summed E-state index contributed by atoms with van der Waals surface area (Å²) in [6.45, 7) is 7.73. The summed E-state index contributed by atoms with van der Waals surface area (Å²) < 4.78 is 17.6. The van der Waals surface area contributed by atoms with E-state index in [9.17, 15) is 19.6 Å². The minimum absolute atomic E-state index is 0.0608. The third kappa shape index (κ3) is 6.79. The zero-order valence-electron chi connectivity index (χ0n) is 19.1. The van der Waals surface area contributed by atoms with Crippen molar-refractivity contribution in [2.45, 2.75) is 34.1 Å². The van der Waals surface area contributed by atoms with Gasteiger partial charge in [0.2, 0.25) is 0 Å². The Bertz CT molecular complexity index is 1160. The number of esters is 2. The molecule has 1 heterocycles. The van der Waals surface area contributed by atoms with E-state index in [1.807, 2.05) is 25.1 Å². The van der Waals surface area contributed by atoms with Crippen molar-refractivity contribution >= 4 is 80.3 Å². The van der Waals surface area contributed by atoms with Crippen LogP contribution in [-0.2, 0) is 20.7 Å². The Morgan fingerprint density at radius 2 is 1.62 bits per heavy atom. The first-order chi connectivity index (χ1) is 16.2. The number of ether oxygens (including phenoxy) is 3. The van der Waals surface area contributed by atoms with E-state index in [4.69, 9.17) is 14.2 Å². The standard InChI is InChI=1S/C24H23I2NO6S/c1-5-31-21-16(25)9-14(10-17(21)26)8-15(12-27)18(28)11-19-20(23(29)32-6-2)13(4)22(34-19)24(30)33-7-3/h8-10H,5-7,11H2,1-4H3/b15-8+. The van der Waals surface area contributed by atoms with Gasteiger partial charge in [0.1, 0.15) is 16.7 Å². The van der Waals surface area contributed by atoms with Crippen LogP contribution < -0.4 is 4.74 Å². The fourth-order valence-corrected chi connectivity index (χ4v) is 6.40. The lowest BCUT2D eigenvalue weighted by Crippen LogP contribution is -2.12. The molecule has 0 aliphatic heterocycles. The second-order valence-corrected chi connectivity index (χ2v) is 10.2. The highest BCUT2D eigenvalue weighted by atomic mass is 127. The molecular weight excluding hydrogens is 684 g/mol. The zero-order chi connectivity index (χ0) is 25.4. The summed E-state index contributed by atoms with van der Waals surface area (Å²) >= 11 is 5.31. The van der Waals surface area contributed by atoms with Gasteiger partial charge in [-0.05, 0) is 102 Å². The maximum Gasteiger partial charge on any atom is 0.348 e. The van der Waals surface area contributed by atoms with E-state index in [0.717, 1.165) is 24.2 Å². The Kier molecular flexibility index (Phi) is 11.0. The first-order valence-corrected chi connectivity index (χ1v) is 13.4. The van der Waals surface area contributed by atoms with Crippen molar-refractivity contribution in [2.24, 2.45) is 0 Å². The molecule has 10 heteroatoms. The number of carbonyl (C=O) groups is 3. The molecule has 1 aromatic carbocycles. The number of thiophene rings is 1. The van der Waals surface area contributed by atoms with Crippen LogP contribution in [0.5, 0.6) is 5.75 Å². The molecule has 0 saturated carbocycles. The molecular formula is C24H23I2NO6S. The Morgan fingerprint density at radius 3 is 2.15 bits per heavy atom. The number of benzene rings is 1. The third-order valence-corrected chi connectivity index (χ3v) is 7.40. The molecule has 7 nitrogen and oxygen atoms in total. The fraction of sp³-hybridized carbons (Fsp3) is 0.333. The molecule has 180 valence electrons. The molecule has 0 spiro atoms. The molecule has 0 bridgehead atoms. The van der Waals surface area contributed by atoms with Crippen LogP contribution in [-0.4, -0.2) is 37.5 Å². The van der Waals surface area contributed by atoms with Gasteiger partial charge in [-0.2, -0.15) is 5.26 Å². The minimum Gasteiger partial charge on any atom is -0.492 e. The molecule has 34 heavy (non-hydrogen) atoms. The fourth-order valence-electron chi connectivity index (χ4n) is 3.09. The van der Waals surface area contributed by atoms with Gasteiger partial charge in [-0.3, -0.25) is 4.79 Å². The first-order valence-electron chi connectivity index (χ1n) is 10.4. The van der Waals surface area contributed by atoms with Gasteiger partial charge in [0.05, 0.1) is 38.1 Å². The second-order valence-electron chi connectivity index (χ2n) is 6.81. The predicted molar refractivity (Wildman–Crippen MR) is 146 cm³/mol. The van der Waals surface area contributed by atoms with E-state index in [2.05, 4.69) is 45.2 Å². The molecule has 2 aromatic rings. The van der Waals surface area contributed by atoms with Crippen molar-refractivity contribution in [3.05, 3.63) is 51.3 Å². The molecule has 2 rings (SSSR count). The zero-order valence-corrected chi connectivity index (χ0v) is 24.3. The van der Waals surface area contributed by atoms with Crippen LogP contribution in [0.4, 0.5) is 0 Å². The highest BCUT2D eigenvalue weighted by molar-refractivity contribution is 14.1. The molecule has 0 unspecified atom stereocenters.